The number of anilines is 1. The molecule has 0 heterocycles. The molecule has 0 N–H and O–H groups in total. The molecule has 3 aromatic carbocycles. The van der Waals surface area contributed by atoms with E-state index < -0.39 is 34.7 Å². The summed E-state index contributed by atoms with van der Waals surface area (Å²) in [5.74, 6) is -8.28. The van der Waals surface area contributed by atoms with Gasteiger partial charge in [0.1, 0.15) is 0 Å². The molecule has 0 aliphatic heterocycles. The first kappa shape index (κ1) is 17.7. The van der Waals surface area contributed by atoms with Gasteiger partial charge in [0.2, 0.25) is 0 Å². The Hall–Kier alpha value is -3.15. The summed E-state index contributed by atoms with van der Waals surface area (Å²) >= 11 is 0. The molecular formula is C20H13F4NO. The van der Waals surface area contributed by atoms with Crippen molar-refractivity contribution in [2.24, 2.45) is 0 Å². The summed E-state index contributed by atoms with van der Waals surface area (Å²) in [7, 11) is 0. The Morgan fingerprint density at radius 1 is 0.769 bits per heavy atom. The fourth-order valence-corrected chi connectivity index (χ4v) is 2.53. The average Bonchev–Trinajstić information content (AvgIpc) is 2.68. The molecule has 0 saturated heterocycles. The van der Waals surface area contributed by atoms with Crippen molar-refractivity contribution in [3.8, 4) is 0 Å². The van der Waals surface area contributed by atoms with E-state index in [4.69, 9.17) is 0 Å². The Bertz CT molecular complexity index is 930. The molecule has 0 radical (unpaired) electrons. The summed E-state index contributed by atoms with van der Waals surface area (Å²) in [6.45, 7) is 0.0454. The highest BCUT2D eigenvalue weighted by Gasteiger charge is 2.27. The minimum atomic E-state index is -2.01. The lowest BCUT2D eigenvalue weighted by molar-refractivity contribution is 0.0979. The lowest BCUT2D eigenvalue weighted by Gasteiger charge is -2.23. The number of carbonyl (C=O) groups is 1. The van der Waals surface area contributed by atoms with Crippen LogP contribution in [0.3, 0.4) is 0 Å². The highest BCUT2D eigenvalue weighted by atomic mass is 19.2. The quantitative estimate of drug-likeness (QED) is 0.361. The minimum absolute atomic E-state index is 0.0454. The number of carbonyl (C=O) groups excluding carboxylic acids is 1. The molecular weight excluding hydrogens is 346 g/mol. The van der Waals surface area contributed by atoms with Gasteiger partial charge in [-0.1, -0.05) is 48.5 Å². The van der Waals surface area contributed by atoms with Crippen LogP contribution in [0.4, 0.5) is 23.2 Å². The number of amides is 1. The van der Waals surface area contributed by atoms with Gasteiger partial charge in [-0.05, 0) is 23.8 Å². The molecule has 2 nitrogen and oxygen atoms in total. The Balaban J connectivity index is 2.06. The molecule has 0 atom stereocenters. The van der Waals surface area contributed by atoms with Crippen LogP contribution in [0.15, 0.2) is 66.7 Å². The largest absolute Gasteiger partial charge is 0.304 e. The molecule has 0 aliphatic carbocycles. The van der Waals surface area contributed by atoms with Crippen molar-refractivity contribution in [2.75, 3.05) is 4.90 Å². The second-order valence-electron chi connectivity index (χ2n) is 5.56. The first-order valence-corrected chi connectivity index (χ1v) is 7.73. The monoisotopic (exact) mass is 359 g/mol. The van der Waals surface area contributed by atoms with Crippen molar-refractivity contribution in [3.05, 3.63) is 101 Å². The van der Waals surface area contributed by atoms with Gasteiger partial charge >= 0.3 is 0 Å². The summed E-state index contributed by atoms with van der Waals surface area (Å²) in [6, 6.07) is 17.5. The molecule has 26 heavy (non-hydrogen) atoms. The Kier molecular flexibility index (Phi) is 5.02. The lowest BCUT2D eigenvalue weighted by Crippen LogP contribution is -2.31. The second kappa shape index (κ2) is 7.39. The fourth-order valence-electron chi connectivity index (χ4n) is 2.53. The molecule has 132 valence electrons. The van der Waals surface area contributed by atoms with Crippen LogP contribution in [-0.2, 0) is 6.54 Å². The van der Waals surface area contributed by atoms with E-state index in [9.17, 15) is 22.4 Å². The predicted molar refractivity (Wildman–Crippen MR) is 89.7 cm³/mol. The van der Waals surface area contributed by atoms with Crippen molar-refractivity contribution >= 4 is 11.6 Å². The van der Waals surface area contributed by atoms with Gasteiger partial charge in [-0.3, -0.25) is 4.79 Å². The van der Waals surface area contributed by atoms with Gasteiger partial charge in [0, 0.05) is 5.69 Å². The maximum Gasteiger partial charge on any atom is 0.261 e. The van der Waals surface area contributed by atoms with Crippen molar-refractivity contribution in [1.29, 1.82) is 0 Å². The maximum atomic E-state index is 14.1. The molecule has 0 aliphatic rings. The summed E-state index contributed by atoms with van der Waals surface area (Å²) in [5.41, 5.74) is 0.264. The molecule has 0 spiro atoms. The number of benzene rings is 3. The molecule has 0 bridgehead atoms. The van der Waals surface area contributed by atoms with Crippen molar-refractivity contribution in [2.45, 2.75) is 6.54 Å². The van der Waals surface area contributed by atoms with E-state index in [1.807, 2.05) is 0 Å². The Morgan fingerprint density at radius 3 is 1.96 bits per heavy atom. The van der Waals surface area contributed by atoms with Crippen molar-refractivity contribution in [1.82, 2.24) is 0 Å². The third kappa shape index (κ3) is 3.44. The minimum Gasteiger partial charge on any atom is -0.304 e. The summed E-state index contributed by atoms with van der Waals surface area (Å²) in [5, 5.41) is 0. The first-order chi connectivity index (χ1) is 12.5. The predicted octanol–water partition coefficient (Wildman–Crippen LogP) is 5.09. The van der Waals surface area contributed by atoms with E-state index in [0.29, 0.717) is 11.8 Å². The number of hydrogen-bond donors (Lipinski definition) is 0. The number of rotatable bonds is 4. The molecule has 1 amide bonds. The van der Waals surface area contributed by atoms with Crippen molar-refractivity contribution in [3.63, 3.8) is 0 Å². The number of nitrogens with zero attached hydrogens (tertiary/aromatic N) is 1. The molecule has 0 aromatic heterocycles. The third-order valence-electron chi connectivity index (χ3n) is 3.83. The standard InChI is InChI=1S/C20H13F4NO/c21-16-11-15(17(22)19(24)18(16)23)20(26)25(14-9-5-2-6-10-14)12-13-7-3-1-4-8-13/h1-11H,12H2. The van der Waals surface area contributed by atoms with Crippen LogP contribution in [0.1, 0.15) is 15.9 Å². The van der Waals surface area contributed by atoms with Crippen molar-refractivity contribution < 1.29 is 22.4 Å². The number of para-hydroxylation sites is 1. The highest BCUT2D eigenvalue weighted by Crippen LogP contribution is 2.24. The van der Waals surface area contributed by atoms with Gasteiger partial charge in [0.05, 0.1) is 12.1 Å². The Labute approximate surface area is 147 Å². The second-order valence-corrected chi connectivity index (χ2v) is 5.56. The zero-order chi connectivity index (χ0) is 18.7. The molecule has 0 unspecified atom stereocenters. The summed E-state index contributed by atoms with van der Waals surface area (Å²) in [4.78, 5) is 14.0. The van der Waals surface area contributed by atoms with Gasteiger partial charge in [-0.25, -0.2) is 17.6 Å². The van der Waals surface area contributed by atoms with Crippen LogP contribution in [0.25, 0.3) is 0 Å². The molecule has 3 aromatic rings. The first-order valence-electron chi connectivity index (χ1n) is 7.73. The topological polar surface area (TPSA) is 20.3 Å². The van der Waals surface area contributed by atoms with Gasteiger partial charge < -0.3 is 4.90 Å². The molecule has 6 heteroatoms. The summed E-state index contributed by atoms with van der Waals surface area (Å²) < 4.78 is 54.3. The van der Waals surface area contributed by atoms with E-state index in [0.717, 1.165) is 5.56 Å². The zero-order valence-electron chi connectivity index (χ0n) is 13.4. The van der Waals surface area contributed by atoms with Crippen LogP contribution < -0.4 is 4.90 Å². The van der Waals surface area contributed by atoms with Crippen LogP contribution in [0, 0.1) is 23.3 Å². The number of halogens is 4. The van der Waals surface area contributed by atoms with Crippen LogP contribution in [0.5, 0.6) is 0 Å². The average molecular weight is 359 g/mol. The van der Waals surface area contributed by atoms with Gasteiger partial charge in [-0.2, -0.15) is 0 Å². The smallest absolute Gasteiger partial charge is 0.261 e. The van der Waals surface area contributed by atoms with E-state index in [1.165, 1.54) is 4.90 Å². The SMILES string of the molecule is O=C(c1cc(F)c(F)c(F)c1F)N(Cc1ccccc1)c1ccccc1. The van der Waals surface area contributed by atoms with Gasteiger partial charge in [-0.15, -0.1) is 0 Å². The summed E-state index contributed by atoms with van der Waals surface area (Å²) in [6.07, 6.45) is 0. The normalized spacial score (nSPS) is 10.6. The number of hydrogen-bond acceptors (Lipinski definition) is 1. The molecule has 3 rings (SSSR count). The maximum absolute atomic E-state index is 14.1. The highest BCUT2D eigenvalue weighted by molar-refractivity contribution is 6.06. The van der Waals surface area contributed by atoms with E-state index in [1.54, 1.807) is 60.7 Å². The van der Waals surface area contributed by atoms with Crippen LogP contribution in [-0.4, -0.2) is 5.91 Å². The van der Waals surface area contributed by atoms with Gasteiger partial charge in [0.25, 0.3) is 5.91 Å². The van der Waals surface area contributed by atoms with Crippen LogP contribution >= 0.6 is 0 Å². The van der Waals surface area contributed by atoms with E-state index >= 15 is 0 Å². The lowest BCUT2D eigenvalue weighted by atomic mass is 10.1. The van der Waals surface area contributed by atoms with Gasteiger partial charge in [0.15, 0.2) is 23.3 Å². The van der Waals surface area contributed by atoms with E-state index in [-0.39, 0.29) is 6.54 Å². The van der Waals surface area contributed by atoms with Crippen LogP contribution in [0.2, 0.25) is 0 Å². The fraction of sp³-hybridized carbons (Fsp3) is 0.0500. The zero-order valence-corrected chi connectivity index (χ0v) is 13.4. The Morgan fingerprint density at radius 2 is 1.35 bits per heavy atom. The van der Waals surface area contributed by atoms with E-state index in [2.05, 4.69) is 0 Å². The third-order valence-corrected chi connectivity index (χ3v) is 3.83. The molecule has 0 fully saturated rings. The molecule has 0 saturated carbocycles.